The summed E-state index contributed by atoms with van der Waals surface area (Å²) in [4.78, 5) is 0. The van der Waals surface area contributed by atoms with Crippen molar-refractivity contribution in [1.29, 1.82) is 0 Å². The van der Waals surface area contributed by atoms with Crippen molar-refractivity contribution >= 4 is 0 Å². The Bertz CT molecular complexity index is 558. The quantitative estimate of drug-likeness (QED) is 0.670. The zero-order chi connectivity index (χ0) is 14.8. The predicted octanol–water partition coefficient (Wildman–Crippen LogP) is 3.37. The normalized spacial score (nSPS) is 51.6. The minimum Gasteiger partial charge on any atom is -0.389 e. The van der Waals surface area contributed by atoms with Crippen LogP contribution < -0.4 is 0 Å². The molecule has 0 saturated heterocycles. The van der Waals surface area contributed by atoms with E-state index >= 15 is 0 Å². The van der Waals surface area contributed by atoms with E-state index in [1.54, 1.807) is 0 Å². The van der Waals surface area contributed by atoms with Gasteiger partial charge in [-0.3, -0.25) is 0 Å². The molecule has 2 heteroatoms. The van der Waals surface area contributed by atoms with Crippen LogP contribution in [0.2, 0.25) is 0 Å². The SMILES string of the molecule is C[C@@]12CC=CC1=C1C(O)CC3CC(O)C=C[C@]3(C)[C@@H]1CC2. The van der Waals surface area contributed by atoms with Crippen molar-refractivity contribution in [2.45, 2.75) is 58.2 Å². The van der Waals surface area contributed by atoms with Gasteiger partial charge in [-0.05, 0) is 65.9 Å². The lowest BCUT2D eigenvalue weighted by molar-refractivity contribution is 0.000206. The van der Waals surface area contributed by atoms with E-state index in [0.717, 1.165) is 19.3 Å². The molecular formula is C19H26O2. The van der Waals surface area contributed by atoms with E-state index in [2.05, 4.69) is 32.1 Å². The van der Waals surface area contributed by atoms with E-state index in [4.69, 9.17) is 0 Å². The Morgan fingerprint density at radius 3 is 2.81 bits per heavy atom. The lowest BCUT2D eigenvalue weighted by atomic mass is 9.50. The van der Waals surface area contributed by atoms with Crippen LogP contribution in [0.1, 0.15) is 46.0 Å². The van der Waals surface area contributed by atoms with E-state index in [9.17, 15) is 10.2 Å². The maximum absolute atomic E-state index is 10.8. The molecule has 21 heavy (non-hydrogen) atoms. The van der Waals surface area contributed by atoms with Crippen molar-refractivity contribution in [2.24, 2.45) is 22.7 Å². The van der Waals surface area contributed by atoms with Crippen molar-refractivity contribution in [1.82, 2.24) is 0 Å². The van der Waals surface area contributed by atoms with E-state index < -0.39 is 0 Å². The Morgan fingerprint density at radius 1 is 1.19 bits per heavy atom. The first-order valence-corrected chi connectivity index (χ1v) is 8.41. The molecule has 1 fully saturated rings. The summed E-state index contributed by atoms with van der Waals surface area (Å²) in [6.45, 7) is 4.70. The molecule has 4 rings (SSSR count). The summed E-state index contributed by atoms with van der Waals surface area (Å²) in [7, 11) is 0. The van der Waals surface area contributed by atoms with Gasteiger partial charge in [0.2, 0.25) is 0 Å². The van der Waals surface area contributed by atoms with Gasteiger partial charge in [-0.15, -0.1) is 0 Å². The van der Waals surface area contributed by atoms with Crippen LogP contribution in [0.5, 0.6) is 0 Å². The second kappa shape index (κ2) is 4.33. The van der Waals surface area contributed by atoms with E-state index in [-0.39, 0.29) is 23.0 Å². The standard InChI is InChI=1S/C19H26O2/c1-18-7-3-4-14(18)17-15(6-8-18)19(2)9-5-13(20)10-12(19)11-16(17)21/h3-5,9,12-13,15-16,20-21H,6-8,10-11H2,1-2H3/t12?,13?,15-,16?,18+,19+/m1/s1. The predicted molar refractivity (Wildman–Crippen MR) is 83.6 cm³/mol. The van der Waals surface area contributed by atoms with Gasteiger partial charge in [0, 0.05) is 0 Å². The fourth-order valence-corrected chi connectivity index (χ4v) is 5.52. The number of hydrogen-bond donors (Lipinski definition) is 2. The second-order valence-corrected chi connectivity index (χ2v) is 8.10. The number of rotatable bonds is 0. The van der Waals surface area contributed by atoms with Crippen molar-refractivity contribution in [2.75, 3.05) is 0 Å². The summed E-state index contributed by atoms with van der Waals surface area (Å²) in [5.41, 5.74) is 3.11. The number of aliphatic hydroxyl groups excluding tert-OH is 2. The summed E-state index contributed by atoms with van der Waals surface area (Å²) in [6, 6.07) is 0. The molecule has 4 aliphatic rings. The van der Waals surface area contributed by atoms with Crippen LogP contribution in [0.25, 0.3) is 0 Å². The molecule has 2 N–H and O–H groups in total. The first kappa shape index (κ1) is 13.8. The van der Waals surface area contributed by atoms with E-state index in [1.165, 1.54) is 24.0 Å². The van der Waals surface area contributed by atoms with Crippen LogP contribution in [0.15, 0.2) is 35.5 Å². The average Bonchev–Trinajstić information content (AvgIpc) is 2.82. The highest BCUT2D eigenvalue weighted by molar-refractivity contribution is 5.44. The summed E-state index contributed by atoms with van der Waals surface area (Å²) in [6.07, 6.45) is 13.3. The van der Waals surface area contributed by atoms with Crippen LogP contribution in [0.3, 0.4) is 0 Å². The highest BCUT2D eigenvalue weighted by atomic mass is 16.3. The molecule has 0 bridgehead atoms. The molecule has 1 saturated carbocycles. The van der Waals surface area contributed by atoms with Gasteiger partial charge in [0.15, 0.2) is 0 Å². The van der Waals surface area contributed by atoms with Gasteiger partial charge in [0.1, 0.15) is 0 Å². The largest absolute Gasteiger partial charge is 0.389 e. The van der Waals surface area contributed by atoms with E-state index in [1.807, 2.05) is 6.08 Å². The van der Waals surface area contributed by atoms with Crippen molar-refractivity contribution < 1.29 is 10.2 Å². The van der Waals surface area contributed by atoms with Crippen LogP contribution >= 0.6 is 0 Å². The maximum atomic E-state index is 10.8. The molecule has 0 aromatic carbocycles. The molecule has 2 nitrogen and oxygen atoms in total. The number of aliphatic hydroxyl groups is 2. The molecule has 114 valence electrons. The summed E-state index contributed by atoms with van der Waals surface area (Å²) in [5, 5.41) is 20.8. The highest BCUT2D eigenvalue weighted by Crippen LogP contribution is 2.61. The Kier molecular flexibility index (Phi) is 2.84. The topological polar surface area (TPSA) is 40.5 Å². The number of hydrogen-bond acceptors (Lipinski definition) is 2. The Hall–Kier alpha value is -0.860. The average molecular weight is 286 g/mol. The van der Waals surface area contributed by atoms with Crippen molar-refractivity contribution in [3.05, 3.63) is 35.5 Å². The smallest absolute Gasteiger partial charge is 0.0762 e. The number of fused-ring (bicyclic) bond motifs is 4. The van der Waals surface area contributed by atoms with Gasteiger partial charge in [0.05, 0.1) is 12.2 Å². The Morgan fingerprint density at radius 2 is 2.00 bits per heavy atom. The molecule has 0 amide bonds. The third-order valence-electron chi connectivity index (χ3n) is 6.88. The van der Waals surface area contributed by atoms with Crippen LogP contribution in [0.4, 0.5) is 0 Å². The number of allylic oxidation sites excluding steroid dienone is 4. The molecule has 4 aliphatic carbocycles. The molecule has 3 unspecified atom stereocenters. The fraction of sp³-hybridized carbons (Fsp3) is 0.684. The van der Waals surface area contributed by atoms with Gasteiger partial charge in [-0.2, -0.15) is 0 Å². The van der Waals surface area contributed by atoms with Gasteiger partial charge < -0.3 is 10.2 Å². The minimum absolute atomic E-state index is 0.110. The molecule has 0 aliphatic heterocycles. The summed E-state index contributed by atoms with van der Waals surface area (Å²) >= 11 is 0. The molecule has 0 aromatic heterocycles. The summed E-state index contributed by atoms with van der Waals surface area (Å²) < 4.78 is 0. The van der Waals surface area contributed by atoms with Crippen molar-refractivity contribution in [3.8, 4) is 0 Å². The molecule has 0 radical (unpaired) electrons. The second-order valence-electron chi connectivity index (χ2n) is 8.10. The van der Waals surface area contributed by atoms with Crippen LogP contribution in [-0.4, -0.2) is 22.4 Å². The Balaban J connectivity index is 1.84. The molecule has 0 heterocycles. The summed E-state index contributed by atoms with van der Waals surface area (Å²) in [5.74, 6) is 0.845. The lowest BCUT2D eigenvalue weighted by Gasteiger charge is -2.55. The molecular weight excluding hydrogens is 260 g/mol. The van der Waals surface area contributed by atoms with E-state index in [0.29, 0.717) is 11.8 Å². The van der Waals surface area contributed by atoms with Gasteiger partial charge in [-0.25, -0.2) is 0 Å². The maximum Gasteiger partial charge on any atom is 0.0762 e. The van der Waals surface area contributed by atoms with Gasteiger partial charge in [0.25, 0.3) is 0 Å². The Labute approximate surface area is 127 Å². The van der Waals surface area contributed by atoms with Crippen molar-refractivity contribution in [3.63, 3.8) is 0 Å². The highest BCUT2D eigenvalue weighted by Gasteiger charge is 2.53. The van der Waals surface area contributed by atoms with Gasteiger partial charge >= 0.3 is 0 Å². The zero-order valence-electron chi connectivity index (χ0n) is 13.0. The first-order valence-electron chi connectivity index (χ1n) is 8.41. The monoisotopic (exact) mass is 286 g/mol. The van der Waals surface area contributed by atoms with Crippen LogP contribution in [0, 0.1) is 22.7 Å². The lowest BCUT2D eigenvalue weighted by Crippen LogP contribution is -2.49. The first-order chi connectivity index (χ1) is 9.94. The van der Waals surface area contributed by atoms with Crippen LogP contribution in [-0.2, 0) is 0 Å². The minimum atomic E-state index is -0.329. The fourth-order valence-electron chi connectivity index (χ4n) is 5.52. The zero-order valence-corrected chi connectivity index (χ0v) is 13.0. The molecule has 0 aromatic rings. The molecule has 6 atom stereocenters. The molecule has 0 spiro atoms. The third kappa shape index (κ3) is 1.78. The van der Waals surface area contributed by atoms with Gasteiger partial charge in [-0.1, -0.05) is 38.2 Å². The third-order valence-corrected chi connectivity index (χ3v) is 6.88.